The molecule has 1 atom stereocenters. The number of aryl methyl sites for hydroxylation is 2. The van der Waals surface area contributed by atoms with Gasteiger partial charge >= 0.3 is 12.1 Å². The van der Waals surface area contributed by atoms with Gasteiger partial charge in [0.2, 0.25) is 0 Å². The summed E-state index contributed by atoms with van der Waals surface area (Å²) in [6, 6.07) is 13.9. The van der Waals surface area contributed by atoms with Crippen LogP contribution in [0.5, 0.6) is 0 Å². The number of benzene rings is 2. The number of carboxylic acids is 1. The maximum absolute atomic E-state index is 11.8. The van der Waals surface area contributed by atoms with Crippen molar-refractivity contribution in [2.75, 3.05) is 0 Å². The maximum atomic E-state index is 11.8. The summed E-state index contributed by atoms with van der Waals surface area (Å²) in [5.74, 6) is -1.09. The van der Waals surface area contributed by atoms with E-state index >= 15 is 0 Å². The Morgan fingerprint density at radius 3 is 2.38 bits per heavy atom. The molecule has 0 bridgehead atoms. The van der Waals surface area contributed by atoms with Crippen molar-refractivity contribution in [3.05, 3.63) is 70.8 Å². The Balaban J connectivity index is 1.93. The SMILES string of the molecule is Cc1ccc(C[C@H](NC(=O)OCc2ccccc2)C(=O)O)cc1C. The van der Waals surface area contributed by atoms with E-state index in [-0.39, 0.29) is 13.0 Å². The van der Waals surface area contributed by atoms with Crippen LogP contribution in [-0.2, 0) is 22.6 Å². The van der Waals surface area contributed by atoms with Crippen LogP contribution in [0.25, 0.3) is 0 Å². The summed E-state index contributed by atoms with van der Waals surface area (Å²) in [7, 11) is 0. The number of nitrogens with one attached hydrogen (secondary N) is 1. The normalized spacial score (nSPS) is 11.6. The molecule has 0 radical (unpaired) electrons. The lowest BCUT2D eigenvalue weighted by atomic mass is 10.0. The number of alkyl carbamates (subject to hydrolysis) is 1. The van der Waals surface area contributed by atoms with Crippen molar-refractivity contribution >= 4 is 12.1 Å². The van der Waals surface area contributed by atoms with Crippen molar-refractivity contribution in [3.63, 3.8) is 0 Å². The van der Waals surface area contributed by atoms with Gasteiger partial charge in [0.15, 0.2) is 0 Å². The number of carbonyl (C=O) groups is 2. The molecule has 0 aliphatic carbocycles. The minimum absolute atomic E-state index is 0.0999. The molecule has 5 heteroatoms. The van der Waals surface area contributed by atoms with Crippen LogP contribution in [0.15, 0.2) is 48.5 Å². The fourth-order valence-corrected chi connectivity index (χ4v) is 2.27. The molecule has 1 amide bonds. The molecule has 2 aromatic carbocycles. The average molecular weight is 327 g/mol. The first-order valence-corrected chi connectivity index (χ1v) is 7.72. The van der Waals surface area contributed by atoms with E-state index in [4.69, 9.17) is 4.74 Å². The molecule has 126 valence electrons. The highest BCUT2D eigenvalue weighted by atomic mass is 16.5. The van der Waals surface area contributed by atoms with Gasteiger partial charge in [-0.1, -0.05) is 48.5 Å². The molecule has 0 aromatic heterocycles. The number of amides is 1. The molecule has 5 nitrogen and oxygen atoms in total. The summed E-state index contributed by atoms with van der Waals surface area (Å²) in [6.07, 6.45) is -0.535. The second-order valence-electron chi connectivity index (χ2n) is 5.72. The molecule has 0 aliphatic heterocycles. The molecule has 0 heterocycles. The largest absolute Gasteiger partial charge is 0.480 e. The third-order valence-corrected chi connectivity index (χ3v) is 3.81. The van der Waals surface area contributed by atoms with Crippen LogP contribution < -0.4 is 5.32 Å². The van der Waals surface area contributed by atoms with Crippen LogP contribution in [0.1, 0.15) is 22.3 Å². The molecular formula is C19H21NO4. The van der Waals surface area contributed by atoms with E-state index in [1.165, 1.54) is 0 Å². The molecule has 2 N–H and O–H groups in total. The van der Waals surface area contributed by atoms with E-state index in [0.29, 0.717) is 0 Å². The first-order valence-electron chi connectivity index (χ1n) is 7.72. The monoisotopic (exact) mass is 327 g/mol. The van der Waals surface area contributed by atoms with E-state index in [1.54, 1.807) is 0 Å². The van der Waals surface area contributed by atoms with Gasteiger partial charge in [-0.2, -0.15) is 0 Å². The average Bonchev–Trinajstić information content (AvgIpc) is 2.56. The molecule has 2 aromatic rings. The van der Waals surface area contributed by atoms with Crippen LogP contribution in [0, 0.1) is 13.8 Å². The van der Waals surface area contributed by atoms with Crippen molar-refractivity contribution in [1.82, 2.24) is 5.32 Å². The van der Waals surface area contributed by atoms with E-state index in [2.05, 4.69) is 5.32 Å². The van der Waals surface area contributed by atoms with Crippen LogP contribution in [0.4, 0.5) is 4.79 Å². The summed E-state index contributed by atoms with van der Waals surface area (Å²) in [5.41, 5.74) is 3.92. The lowest BCUT2D eigenvalue weighted by molar-refractivity contribution is -0.139. The zero-order valence-corrected chi connectivity index (χ0v) is 13.8. The number of aliphatic carboxylic acids is 1. The highest BCUT2D eigenvalue weighted by Crippen LogP contribution is 2.12. The van der Waals surface area contributed by atoms with Crippen molar-refractivity contribution in [2.45, 2.75) is 32.9 Å². The Hall–Kier alpha value is -2.82. The van der Waals surface area contributed by atoms with E-state index in [1.807, 2.05) is 62.4 Å². The van der Waals surface area contributed by atoms with Crippen LogP contribution in [-0.4, -0.2) is 23.2 Å². The Labute approximate surface area is 141 Å². The molecule has 0 saturated carbocycles. The van der Waals surface area contributed by atoms with Crippen molar-refractivity contribution in [3.8, 4) is 0 Å². The molecule has 0 unspecified atom stereocenters. The Morgan fingerprint density at radius 2 is 1.75 bits per heavy atom. The number of carboxylic acid groups (broad SMARTS) is 1. The second-order valence-corrected chi connectivity index (χ2v) is 5.72. The van der Waals surface area contributed by atoms with Crippen molar-refractivity contribution < 1.29 is 19.4 Å². The van der Waals surface area contributed by atoms with Crippen molar-refractivity contribution in [2.24, 2.45) is 0 Å². The van der Waals surface area contributed by atoms with Gasteiger partial charge in [0.05, 0.1) is 0 Å². The second kappa shape index (κ2) is 8.15. The zero-order valence-electron chi connectivity index (χ0n) is 13.8. The highest BCUT2D eigenvalue weighted by Gasteiger charge is 2.21. The quantitative estimate of drug-likeness (QED) is 0.854. The fourth-order valence-electron chi connectivity index (χ4n) is 2.27. The van der Waals surface area contributed by atoms with Crippen LogP contribution >= 0.6 is 0 Å². The van der Waals surface area contributed by atoms with Gasteiger partial charge in [-0.3, -0.25) is 0 Å². The predicted molar refractivity (Wildman–Crippen MR) is 90.8 cm³/mol. The van der Waals surface area contributed by atoms with Gasteiger partial charge < -0.3 is 15.2 Å². The molecule has 0 spiro atoms. The number of hydrogen-bond acceptors (Lipinski definition) is 3. The van der Waals surface area contributed by atoms with Gasteiger partial charge in [-0.15, -0.1) is 0 Å². The summed E-state index contributed by atoms with van der Waals surface area (Å²) in [6.45, 7) is 4.06. The van der Waals surface area contributed by atoms with Crippen molar-refractivity contribution in [1.29, 1.82) is 0 Å². The lowest BCUT2D eigenvalue weighted by Gasteiger charge is -2.15. The Morgan fingerprint density at radius 1 is 1.04 bits per heavy atom. The summed E-state index contributed by atoms with van der Waals surface area (Å²) < 4.78 is 5.08. The molecule has 2 rings (SSSR count). The van der Waals surface area contributed by atoms with E-state index < -0.39 is 18.1 Å². The van der Waals surface area contributed by atoms with E-state index in [9.17, 15) is 14.7 Å². The van der Waals surface area contributed by atoms with Gasteiger partial charge in [0.25, 0.3) is 0 Å². The molecular weight excluding hydrogens is 306 g/mol. The maximum Gasteiger partial charge on any atom is 0.408 e. The molecule has 24 heavy (non-hydrogen) atoms. The van der Waals surface area contributed by atoms with Gasteiger partial charge in [-0.25, -0.2) is 9.59 Å². The smallest absolute Gasteiger partial charge is 0.408 e. The lowest BCUT2D eigenvalue weighted by Crippen LogP contribution is -2.42. The first kappa shape index (κ1) is 17.5. The third-order valence-electron chi connectivity index (χ3n) is 3.81. The van der Waals surface area contributed by atoms with Crippen LogP contribution in [0.2, 0.25) is 0 Å². The van der Waals surface area contributed by atoms with Crippen LogP contribution in [0.3, 0.4) is 0 Å². The number of carbonyl (C=O) groups excluding carboxylic acids is 1. The fraction of sp³-hybridized carbons (Fsp3) is 0.263. The van der Waals surface area contributed by atoms with Gasteiger partial charge in [-0.05, 0) is 36.1 Å². The summed E-state index contributed by atoms with van der Waals surface area (Å²) in [4.78, 5) is 23.2. The summed E-state index contributed by atoms with van der Waals surface area (Å²) in [5, 5.41) is 11.7. The van der Waals surface area contributed by atoms with E-state index in [0.717, 1.165) is 22.3 Å². The first-order chi connectivity index (χ1) is 11.5. The number of ether oxygens (including phenoxy) is 1. The predicted octanol–water partition coefficient (Wildman–Crippen LogP) is 3.23. The third kappa shape index (κ3) is 5.12. The molecule has 0 aliphatic rings. The highest BCUT2D eigenvalue weighted by molar-refractivity contribution is 5.80. The molecule has 0 saturated heterocycles. The molecule has 0 fully saturated rings. The Bertz CT molecular complexity index is 713. The topological polar surface area (TPSA) is 75.6 Å². The number of rotatable bonds is 6. The minimum Gasteiger partial charge on any atom is -0.480 e. The zero-order chi connectivity index (χ0) is 17.5. The van der Waals surface area contributed by atoms with Gasteiger partial charge in [0, 0.05) is 6.42 Å². The van der Waals surface area contributed by atoms with Gasteiger partial charge in [0.1, 0.15) is 12.6 Å². The minimum atomic E-state index is -1.09. The summed E-state index contributed by atoms with van der Waals surface area (Å²) >= 11 is 0. The number of hydrogen-bond donors (Lipinski definition) is 2. The Kier molecular flexibility index (Phi) is 5.95. The standard InChI is InChI=1S/C19H21NO4/c1-13-8-9-16(10-14(13)2)11-17(18(21)22)20-19(23)24-12-15-6-4-3-5-7-15/h3-10,17H,11-12H2,1-2H3,(H,20,23)(H,21,22)/t17-/m0/s1.